The van der Waals surface area contributed by atoms with Crippen LogP contribution < -0.4 is 0 Å². The topological polar surface area (TPSA) is 54.4 Å². The molecule has 58 heavy (non-hydrogen) atoms. The minimum atomic E-state index is -4.08. The molecule has 0 heterocycles. The number of hydrogen-bond donors (Lipinski definition) is 1. The first-order valence-electron chi connectivity index (χ1n) is 27.4. The van der Waals surface area contributed by atoms with E-state index < -0.39 is 14.9 Å². The molecule has 0 amide bonds. The Balaban J connectivity index is 4.29. The van der Waals surface area contributed by atoms with Gasteiger partial charge >= 0.3 is 0 Å². The molecule has 0 saturated carbocycles. The van der Waals surface area contributed by atoms with E-state index in [1.165, 1.54) is 263 Å². The molecule has 0 aromatic rings. The first kappa shape index (κ1) is 57.9. The van der Waals surface area contributed by atoms with Crippen molar-refractivity contribution in [3.05, 3.63) is 0 Å². The molecule has 0 fully saturated rings. The predicted molar refractivity (Wildman–Crippen MR) is 262 cm³/mol. The van der Waals surface area contributed by atoms with Crippen LogP contribution in [0.4, 0.5) is 0 Å². The average molecular weight is 840 g/mol. The van der Waals surface area contributed by atoms with E-state index >= 15 is 0 Å². The summed E-state index contributed by atoms with van der Waals surface area (Å²) in [6.45, 7) is 6.86. The third-order valence-electron chi connectivity index (χ3n) is 13.8. The predicted octanol–water partition coefficient (Wildman–Crippen LogP) is 20.2. The molecule has 0 aliphatic heterocycles. The maximum Gasteiger partial charge on any atom is 0.270 e. The van der Waals surface area contributed by atoms with E-state index in [1.807, 2.05) is 0 Å². The van der Waals surface area contributed by atoms with Crippen molar-refractivity contribution in [1.29, 1.82) is 0 Å². The largest absolute Gasteiger partial charge is 0.285 e. The van der Waals surface area contributed by atoms with Gasteiger partial charge in [0.2, 0.25) is 0 Å². The molecule has 0 aliphatic rings. The fraction of sp³-hybridized carbons (Fsp3) is 1.00. The van der Waals surface area contributed by atoms with Crippen molar-refractivity contribution in [2.75, 3.05) is 0 Å². The highest BCUT2D eigenvalue weighted by molar-refractivity contribution is 7.87. The van der Waals surface area contributed by atoms with Crippen molar-refractivity contribution in [2.45, 2.75) is 347 Å². The Hall–Kier alpha value is -0.0900. The van der Waals surface area contributed by atoms with Crippen LogP contribution in [0.2, 0.25) is 0 Å². The first-order chi connectivity index (χ1) is 28.4. The molecule has 0 bridgehead atoms. The van der Waals surface area contributed by atoms with Crippen LogP contribution in [0.25, 0.3) is 0 Å². The Kier molecular flexibility index (Phi) is 46.3. The molecular formula is C54H110O3S. The van der Waals surface area contributed by atoms with Crippen LogP contribution in [0.3, 0.4) is 0 Å². The smallest absolute Gasteiger partial charge is 0.270 e. The lowest BCUT2D eigenvalue weighted by atomic mass is 9.88. The lowest BCUT2D eigenvalue weighted by Gasteiger charge is -2.31. The quantitative estimate of drug-likeness (QED) is 0.0490. The van der Waals surface area contributed by atoms with Crippen LogP contribution in [-0.2, 0) is 10.1 Å². The SMILES string of the molecule is CCCCCCCCCCCCCCCCCCCCCCC(CCCCCCCCCCC)(CCCCCCCCCCCCCCCCCCCC)S(=O)(=O)O. The van der Waals surface area contributed by atoms with Crippen LogP contribution in [-0.4, -0.2) is 17.7 Å². The molecule has 1 unspecified atom stereocenters. The summed E-state index contributed by atoms with van der Waals surface area (Å²) >= 11 is 0. The second kappa shape index (κ2) is 46.4. The maximum absolute atomic E-state index is 13.1. The lowest BCUT2D eigenvalue weighted by Crippen LogP contribution is -2.38. The molecule has 0 aliphatic carbocycles. The van der Waals surface area contributed by atoms with Crippen LogP contribution in [0.1, 0.15) is 342 Å². The highest BCUT2D eigenvalue weighted by Gasteiger charge is 2.41. The Labute approximate surface area is 368 Å². The van der Waals surface area contributed by atoms with Gasteiger partial charge in [0.1, 0.15) is 0 Å². The van der Waals surface area contributed by atoms with Gasteiger partial charge in [-0.05, 0) is 19.3 Å². The van der Waals surface area contributed by atoms with Gasteiger partial charge in [-0.2, -0.15) is 8.42 Å². The minimum absolute atomic E-state index is 0.653. The zero-order valence-electron chi connectivity index (χ0n) is 40.5. The Morgan fingerprint density at radius 1 is 0.241 bits per heavy atom. The fourth-order valence-corrected chi connectivity index (χ4v) is 10.8. The molecule has 1 atom stereocenters. The van der Waals surface area contributed by atoms with Gasteiger partial charge in [-0.1, -0.05) is 323 Å². The Morgan fingerprint density at radius 2 is 0.362 bits per heavy atom. The molecular weight excluding hydrogens is 729 g/mol. The van der Waals surface area contributed by atoms with E-state index in [4.69, 9.17) is 0 Å². The Morgan fingerprint density at radius 3 is 0.483 bits per heavy atom. The summed E-state index contributed by atoms with van der Waals surface area (Å²) in [5.41, 5.74) is 0. The summed E-state index contributed by atoms with van der Waals surface area (Å²) in [5, 5.41) is 0. The third kappa shape index (κ3) is 40.0. The summed E-state index contributed by atoms with van der Waals surface area (Å²) in [7, 11) is -4.08. The Bertz CT molecular complexity index is 872. The van der Waals surface area contributed by atoms with E-state index in [1.54, 1.807) is 0 Å². The molecule has 0 aromatic heterocycles. The van der Waals surface area contributed by atoms with Crippen LogP contribution >= 0.6 is 0 Å². The van der Waals surface area contributed by atoms with Gasteiger partial charge in [-0.15, -0.1) is 0 Å². The lowest BCUT2D eigenvalue weighted by molar-refractivity contribution is 0.343. The van der Waals surface area contributed by atoms with Crippen molar-refractivity contribution < 1.29 is 13.0 Å². The van der Waals surface area contributed by atoms with Crippen molar-refractivity contribution >= 4 is 10.1 Å². The van der Waals surface area contributed by atoms with E-state index in [0.717, 1.165) is 38.5 Å². The van der Waals surface area contributed by atoms with Gasteiger partial charge in [0.25, 0.3) is 10.1 Å². The molecule has 0 saturated heterocycles. The molecule has 350 valence electrons. The second-order valence-corrected chi connectivity index (χ2v) is 21.3. The van der Waals surface area contributed by atoms with Gasteiger partial charge in [-0.3, -0.25) is 4.55 Å². The minimum Gasteiger partial charge on any atom is -0.285 e. The number of hydrogen-bond acceptors (Lipinski definition) is 2. The molecule has 3 nitrogen and oxygen atoms in total. The van der Waals surface area contributed by atoms with Crippen LogP contribution in [0.5, 0.6) is 0 Å². The maximum atomic E-state index is 13.1. The average Bonchev–Trinajstić information content (AvgIpc) is 3.21. The van der Waals surface area contributed by atoms with Gasteiger partial charge < -0.3 is 0 Å². The summed E-state index contributed by atoms with van der Waals surface area (Å²) < 4.78 is 36.0. The molecule has 0 aromatic carbocycles. The van der Waals surface area contributed by atoms with Crippen LogP contribution in [0.15, 0.2) is 0 Å². The molecule has 0 radical (unpaired) electrons. The highest BCUT2D eigenvalue weighted by Crippen LogP contribution is 2.36. The fourth-order valence-electron chi connectivity index (χ4n) is 9.57. The normalized spacial score (nSPS) is 13.1. The van der Waals surface area contributed by atoms with E-state index in [-0.39, 0.29) is 0 Å². The molecule has 0 rings (SSSR count). The summed E-state index contributed by atoms with van der Waals surface area (Å²) in [6.07, 6.45) is 64.3. The molecule has 4 heteroatoms. The van der Waals surface area contributed by atoms with Gasteiger partial charge in [-0.25, -0.2) is 0 Å². The van der Waals surface area contributed by atoms with Gasteiger partial charge in [0, 0.05) is 0 Å². The van der Waals surface area contributed by atoms with Gasteiger partial charge in [0.05, 0.1) is 4.75 Å². The monoisotopic (exact) mass is 839 g/mol. The summed E-state index contributed by atoms with van der Waals surface area (Å²) in [4.78, 5) is 0. The number of rotatable bonds is 51. The first-order valence-corrected chi connectivity index (χ1v) is 28.8. The number of unbranched alkanes of at least 4 members (excludes halogenated alkanes) is 44. The van der Waals surface area contributed by atoms with Crippen molar-refractivity contribution in [1.82, 2.24) is 0 Å². The van der Waals surface area contributed by atoms with Crippen LogP contribution in [0, 0.1) is 0 Å². The summed E-state index contributed by atoms with van der Waals surface area (Å²) in [5.74, 6) is 0. The molecule has 1 N–H and O–H groups in total. The zero-order valence-corrected chi connectivity index (χ0v) is 41.3. The molecule has 0 spiro atoms. The van der Waals surface area contributed by atoms with E-state index in [2.05, 4.69) is 20.8 Å². The van der Waals surface area contributed by atoms with Crippen molar-refractivity contribution in [3.8, 4) is 0 Å². The summed E-state index contributed by atoms with van der Waals surface area (Å²) in [6, 6.07) is 0. The van der Waals surface area contributed by atoms with Gasteiger partial charge in [0.15, 0.2) is 0 Å². The highest BCUT2D eigenvalue weighted by atomic mass is 32.2. The standard InChI is InChI=1S/C54H110O3S/c1-4-7-10-13-16-19-21-23-25-27-29-30-32-34-36-38-41-44-47-50-53-54(58(55,56)57,51-48-45-42-39-18-15-12-9-6-3)52-49-46-43-40-37-35-33-31-28-26-24-22-20-17-14-11-8-5-2/h4-53H2,1-3H3,(H,55,56,57). The van der Waals surface area contributed by atoms with Crippen molar-refractivity contribution in [2.24, 2.45) is 0 Å². The van der Waals surface area contributed by atoms with E-state index in [0.29, 0.717) is 19.3 Å². The van der Waals surface area contributed by atoms with E-state index in [9.17, 15) is 13.0 Å². The zero-order chi connectivity index (χ0) is 42.4. The van der Waals surface area contributed by atoms with Crippen molar-refractivity contribution in [3.63, 3.8) is 0 Å². The second-order valence-electron chi connectivity index (χ2n) is 19.5. The third-order valence-corrected chi connectivity index (χ3v) is 15.5.